The predicted molar refractivity (Wildman–Crippen MR) is 109 cm³/mol. The van der Waals surface area contributed by atoms with Gasteiger partial charge in [-0.05, 0) is 36.8 Å². The van der Waals surface area contributed by atoms with Crippen LogP contribution in [0.15, 0.2) is 69.6 Å². The number of carbonyl (C=O) groups is 1. The molecule has 152 valence electrons. The SMILES string of the molecule is COC(=O)C1=C(C)N=c2s/c(=C\c3ccccc3F)c(=O)n2C1c1ccc(F)cc1. The van der Waals surface area contributed by atoms with Crippen molar-refractivity contribution < 1.29 is 18.3 Å². The van der Waals surface area contributed by atoms with Crippen molar-refractivity contribution >= 4 is 23.4 Å². The van der Waals surface area contributed by atoms with E-state index >= 15 is 0 Å². The summed E-state index contributed by atoms with van der Waals surface area (Å²) in [6.45, 7) is 1.65. The molecule has 0 N–H and O–H groups in total. The van der Waals surface area contributed by atoms with Gasteiger partial charge < -0.3 is 4.74 Å². The summed E-state index contributed by atoms with van der Waals surface area (Å²) in [7, 11) is 1.24. The number of hydrogen-bond acceptors (Lipinski definition) is 5. The third kappa shape index (κ3) is 3.39. The summed E-state index contributed by atoms with van der Waals surface area (Å²) < 4.78 is 34.1. The molecular formula is C22H16F2N2O3S. The van der Waals surface area contributed by atoms with Crippen molar-refractivity contribution in [2.75, 3.05) is 7.11 Å². The molecule has 0 fully saturated rings. The van der Waals surface area contributed by atoms with Gasteiger partial charge in [0.15, 0.2) is 4.80 Å². The standard InChI is InChI=1S/C22H16F2N2O3S/c1-12-18(21(28)29-2)19(13-7-9-15(23)10-8-13)26-20(27)17(30-22(26)25-12)11-14-5-3-4-6-16(14)24/h3-11,19H,1-2H3/b17-11-. The molecule has 1 atom stereocenters. The van der Waals surface area contributed by atoms with E-state index in [9.17, 15) is 18.4 Å². The van der Waals surface area contributed by atoms with Gasteiger partial charge in [0.1, 0.15) is 11.6 Å². The van der Waals surface area contributed by atoms with Gasteiger partial charge in [-0.2, -0.15) is 0 Å². The molecule has 8 heteroatoms. The number of nitrogens with zero attached hydrogens (tertiary/aromatic N) is 2. The number of fused-ring (bicyclic) bond motifs is 1. The van der Waals surface area contributed by atoms with Gasteiger partial charge in [0.25, 0.3) is 5.56 Å². The lowest BCUT2D eigenvalue weighted by Gasteiger charge is -2.24. The van der Waals surface area contributed by atoms with Crippen LogP contribution >= 0.6 is 11.3 Å². The number of ether oxygens (including phenoxy) is 1. The average Bonchev–Trinajstić information content (AvgIpc) is 3.03. The van der Waals surface area contributed by atoms with Gasteiger partial charge in [-0.3, -0.25) is 9.36 Å². The molecule has 0 bridgehead atoms. The van der Waals surface area contributed by atoms with E-state index in [1.165, 1.54) is 48.1 Å². The first-order valence-electron chi connectivity index (χ1n) is 9.01. The summed E-state index contributed by atoms with van der Waals surface area (Å²) in [5, 5.41) is 0. The maximum Gasteiger partial charge on any atom is 0.338 e. The lowest BCUT2D eigenvalue weighted by molar-refractivity contribution is -0.136. The molecule has 1 aromatic heterocycles. The van der Waals surface area contributed by atoms with Crippen LogP contribution in [-0.4, -0.2) is 17.6 Å². The van der Waals surface area contributed by atoms with Crippen LogP contribution in [0.3, 0.4) is 0 Å². The fraction of sp³-hybridized carbons (Fsp3) is 0.136. The molecule has 2 aromatic carbocycles. The molecule has 30 heavy (non-hydrogen) atoms. The minimum absolute atomic E-state index is 0.189. The summed E-state index contributed by atoms with van der Waals surface area (Å²) in [5.74, 6) is -1.52. The first kappa shape index (κ1) is 19.9. The Hall–Kier alpha value is -3.39. The average molecular weight is 426 g/mol. The number of hydrogen-bond donors (Lipinski definition) is 0. The monoisotopic (exact) mass is 426 g/mol. The fourth-order valence-electron chi connectivity index (χ4n) is 3.39. The molecule has 1 aliphatic rings. The molecule has 1 aliphatic heterocycles. The van der Waals surface area contributed by atoms with Crippen LogP contribution in [0, 0.1) is 11.6 Å². The Morgan fingerprint density at radius 1 is 1.17 bits per heavy atom. The van der Waals surface area contributed by atoms with Crippen LogP contribution < -0.4 is 14.9 Å². The third-order valence-electron chi connectivity index (χ3n) is 4.80. The maximum atomic E-state index is 14.1. The zero-order valence-corrected chi connectivity index (χ0v) is 16.9. The molecule has 0 saturated carbocycles. The molecule has 2 heterocycles. The second kappa shape index (κ2) is 7.79. The molecular weight excluding hydrogens is 410 g/mol. The van der Waals surface area contributed by atoms with E-state index in [0.29, 0.717) is 16.1 Å². The van der Waals surface area contributed by atoms with Crippen molar-refractivity contribution in [1.82, 2.24) is 4.57 Å². The number of esters is 1. The lowest BCUT2D eigenvalue weighted by atomic mass is 9.96. The third-order valence-corrected chi connectivity index (χ3v) is 5.79. The van der Waals surface area contributed by atoms with Crippen molar-refractivity contribution in [3.8, 4) is 0 Å². The minimum Gasteiger partial charge on any atom is -0.466 e. The normalized spacial score (nSPS) is 16.3. The molecule has 4 rings (SSSR count). The molecule has 0 amide bonds. The number of thiazole rings is 1. The number of aromatic nitrogens is 1. The maximum absolute atomic E-state index is 14.1. The quantitative estimate of drug-likeness (QED) is 0.605. The van der Waals surface area contributed by atoms with Gasteiger partial charge in [-0.25, -0.2) is 18.6 Å². The zero-order valence-electron chi connectivity index (χ0n) is 16.1. The summed E-state index contributed by atoms with van der Waals surface area (Å²) >= 11 is 1.09. The van der Waals surface area contributed by atoms with Gasteiger partial charge in [0, 0.05) is 5.56 Å². The van der Waals surface area contributed by atoms with Gasteiger partial charge in [0.05, 0.1) is 29.0 Å². The Morgan fingerprint density at radius 2 is 1.87 bits per heavy atom. The number of rotatable bonds is 3. The highest BCUT2D eigenvalue weighted by Crippen LogP contribution is 2.30. The van der Waals surface area contributed by atoms with Crippen molar-refractivity contribution in [2.45, 2.75) is 13.0 Å². The lowest BCUT2D eigenvalue weighted by Crippen LogP contribution is -2.39. The van der Waals surface area contributed by atoms with E-state index in [-0.39, 0.29) is 15.7 Å². The second-order valence-electron chi connectivity index (χ2n) is 6.65. The van der Waals surface area contributed by atoms with Gasteiger partial charge in [-0.1, -0.05) is 41.7 Å². The number of halogens is 2. The van der Waals surface area contributed by atoms with Crippen LogP contribution in [0.5, 0.6) is 0 Å². The van der Waals surface area contributed by atoms with Gasteiger partial charge in [0.2, 0.25) is 0 Å². The molecule has 0 aliphatic carbocycles. The van der Waals surface area contributed by atoms with E-state index < -0.39 is 29.2 Å². The van der Waals surface area contributed by atoms with E-state index in [1.807, 2.05) is 0 Å². The molecule has 1 unspecified atom stereocenters. The minimum atomic E-state index is -0.836. The van der Waals surface area contributed by atoms with Crippen LogP contribution in [-0.2, 0) is 9.53 Å². The Kier molecular flexibility index (Phi) is 5.17. The number of allylic oxidation sites excluding steroid dienone is 1. The van der Waals surface area contributed by atoms with E-state index in [0.717, 1.165) is 11.3 Å². The second-order valence-corrected chi connectivity index (χ2v) is 7.66. The van der Waals surface area contributed by atoms with Crippen molar-refractivity contribution in [1.29, 1.82) is 0 Å². The van der Waals surface area contributed by atoms with E-state index in [1.54, 1.807) is 25.1 Å². The molecule has 0 saturated heterocycles. The molecule has 0 spiro atoms. The number of methoxy groups -OCH3 is 1. The summed E-state index contributed by atoms with van der Waals surface area (Å²) in [6.07, 6.45) is 1.46. The Morgan fingerprint density at radius 3 is 2.53 bits per heavy atom. The number of benzene rings is 2. The fourth-order valence-corrected chi connectivity index (χ4v) is 4.42. The van der Waals surface area contributed by atoms with Crippen LogP contribution in [0.4, 0.5) is 8.78 Å². The van der Waals surface area contributed by atoms with Crippen molar-refractivity contribution in [3.05, 3.63) is 102 Å². The van der Waals surface area contributed by atoms with Crippen molar-refractivity contribution in [2.24, 2.45) is 4.99 Å². The first-order chi connectivity index (χ1) is 14.4. The Balaban J connectivity index is 1.99. The van der Waals surface area contributed by atoms with Crippen LogP contribution in [0.25, 0.3) is 6.08 Å². The van der Waals surface area contributed by atoms with Gasteiger partial charge >= 0.3 is 5.97 Å². The highest BCUT2D eigenvalue weighted by Gasteiger charge is 2.33. The summed E-state index contributed by atoms with van der Waals surface area (Å²) in [4.78, 5) is 30.5. The summed E-state index contributed by atoms with van der Waals surface area (Å²) in [5.41, 5.74) is 0.962. The number of carbonyl (C=O) groups excluding carboxylic acids is 1. The Labute approximate surface area is 173 Å². The van der Waals surface area contributed by atoms with Crippen LogP contribution in [0.2, 0.25) is 0 Å². The zero-order chi connectivity index (χ0) is 21.4. The predicted octanol–water partition coefficient (Wildman–Crippen LogP) is 2.69. The molecule has 5 nitrogen and oxygen atoms in total. The topological polar surface area (TPSA) is 60.7 Å². The highest BCUT2D eigenvalue weighted by molar-refractivity contribution is 7.07. The molecule has 3 aromatic rings. The Bertz CT molecular complexity index is 1350. The smallest absolute Gasteiger partial charge is 0.338 e. The van der Waals surface area contributed by atoms with Crippen LogP contribution in [0.1, 0.15) is 24.1 Å². The first-order valence-corrected chi connectivity index (χ1v) is 9.83. The van der Waals surface area contributed by atoms with E-state index in [2.05, 4.69) is 4.99 Å². The highest BCUT2D eigenvalue weighted by atomic mass is 32.1. The van der Waals surface area contributed by atoms with Crippen molar-refractivity contribution in [3.63, 3.8) is 0 Å². The molecule has 0 radical (unpaired) electrons. The summed E-state index contributed by atoms with van der Waals surface area (Å²) in [6, 6.07) is 10.8. The largest absolute Gasteiger partial charge is 0.466 e. The van der Waals surface area contributed by atoms with E-state index in [4.69, 9.17) is 4.74 Å². The van der Waals surface area contributed by atoms with Gasteiger partial charge in [-0.15, -0.1) is 0 Å².